The summed E-state index contributed by atoms with van der Waals surface area (Å²) in [4.78, 5) is 0. The molecule has 0 saturated heterocycles. The monoisotopic (exact) mass is 244 g/mol. The highest BCUT2D eigenvalue weighted by atomic mass is 15.3. The van der Waals surface area contributed by atoms with Crippen LogP contribution in [0.2, 0.25) is 0 Å². The van der Waals surface area contributed by atoms with Gasteiger partial charge >= 0.3 is 0 Å². The Balaban J connectivity index is 1.92. The van der Waals surface area contributed by atoms with Crippen LogP contribution in [0.4, 0.5) is 0 Å². The van der Waals surface area contributed by atoms with Gasteiger partial charge in [0.05, 0.1) is 6.54 Å². The van der Waals surface area contributed by atoms with Gasteiger partial charge in [0, 0.05) is 13.1 Å². The molecule has 0 aliphatic carbocycles. The molecule has 1 N–H and O–H groups in total. The Hall–Kier alpha value is -1.68. The quantitative estimate of drug-likeness (QED) is 0.846. The number of aryl methyl sites for hydroxylation is 2. The van der Waals surface area contributed by atoms with E-state index in [0.29, 0.717) is 0 Å². The number of nitrogens with zero attached hydrogens (tertiary/aromatic N) is 3. The second-order valence-corrected chi connectivity index (χ2v) is 4.26. The molecular weight excluding hydrogens is 224 g/mol. The van der Waals surface area contributed by atoms with Gasteiger partial charge in [0.15, 0.2) is 0 Å². The molecule has 1 heterocycles. The molecule has 0 amide bonds. The largest absolute Gasteiger partial charge is 0.317 e. The lowest BCUT2D eigenvalue weighted by molar-refractivity contribution is 0.610. The summed E-state index contributed by atoms with van der Waals surface area (Å²) < 4.78 is 2.05. The van der Waals surface area contributed by atoms with E-state index >= 15 is 0 Å². The fourth-order valence-corrected chi connectivity index (χ4v) is 2.06. The maximum atomic E-state index is 4.11. The molecule has 0 bridgehead atoms. The van der Waals surface area contributed by atoms with Crippen molar-refractivity contribution in [2.75, 3.05) is 0 Å². The van der Waals surface area contributed by atoms with Gasteiger partial charge in [-0.1, -0.05) is 31.2 Å². The van der Waals surface area contributed by atoms with Crippen LogP contribution in [-0.2, 0) is 26.1 Å². The third-order valence-electron chi connectivity index (χ3n) is 3.13. The molecule has 4 nitrogen and oxygen atoms in total. The molecule has 18 heavy (non-hydrogen) atoms. The third kappa shape index (κ3) is 2.96. The van der Waals surface area contributed by atoms with E-state index < -0.39 is 0 Å². The maximum absolute atomic E-state index is 4.11. The number of nitrogens with one attached hydrogen (secondary N) is 1. The minimum atomic E-state index is 0.756. The average Bonchev–Trinajstić information content (AvgIpc) is 2.87. The molecule has 0 fully saturated rings. The normalized spacial score (nSPS) is 10.8. The van der Waals surface area contributed by atoms with Crippen LogP contribution in [0.1, 0.15) is 30.8 Å². The van der Waals surface area contributed by atoms with Crippen LogP contribution >= 0.6 is 0 Å². The highest BCUT2D eigenvalue weighted by molar-refractivity contribution is 5.26. The van der Waals surface area contributed by atoms with Gasteiger partial charge < -0.3 is 9.88 Å². The van der Waals surface area contributed by atoms with Crippen molar-refractivity contribution in [1.82, 2.24) is 20.1 Å². The molecule has 0 saturated carbocycles. The Kier molecular flexibility index (Phi) is 4.47. The second kappa shape index (κ2) is 6.31. The summed E-state index contributed by atoms with van der Waals surface area (Å²) >= 11 is 0. The van der Waals surface area contributed by atoms with Gasteiger partial charge in [-0.2, -0.15) is 0 Å². The number of hydrogen-bond acceptors (Lipinski definition) is 3. The zero-order valence-electron chi connectivity index (χ0n) is 11.1. The van der Waals surface area contributed by atoms with Gasteiger partial charge in [0.1, 0.15) is 12.2 Å². The van der Waals surface area contributed by atoms with E-state index in [9.17, 15) is 0 Å². The predicted octanol–water partition coefficient (Wildman–Crippen LogP) is 2.15. The molecule has 0 spiro atoms. The first kappa shape index (κ1) is 12.8. The number of hydrogen-bond donors (Lipinski definition) is 1. The molecular formula is C14H20N4. The Bertz CT molecular complexity index is 490. The lowest BCUT2D eigenvalue weighted by Gasteiger charge is -2.09. The minimum absolute atomic E-state index is 0.756. The third-order valence-corrected chi connectivity index (χ3v) is 3.13. The topological polar surface area (TPSA) is 42.7 Å². The summed E-state index contributed by atoms with van der Waals surface area (Å²) in [6.07, 6.45) is 2.85. The van der Waals surface area contributed by atoms with Gasteiger partial charge in [-0.05, 0) is 24.5 Å². The molecule has 0 atom stereocenters. The summed E-state index contributed by atoms with van der Waals surface area (Å²) in [5.41, 5.74) is 2.77. The van der Waals surface area contributed by atoms with Gasteiger partial charge in [-0.3, -0.25) is 0 Å². The van der Waals surface area contributed by atoms with Crippen LogP contribution in [0.3, 0.4) is 0 Å². The van der Waals surface area contributed by atoms with Crippen LogP contribution < -0.4 is 5.32 Å². The van der Waals surface area contributed by atoms with Crippen molar-refractivity contribution in [3.8, 4) is 0 Å². The minimum Gasteiger partial charge on any atom is -0.317 e. The molecule has 0 unspecified atom stereocenters. The van der Waals surface area contributed by atoms with Gasteiger partial charge in [-0.15, -0.1) is 10.2 Å². The van der Waals surface area contributed by atoms with E-state index in [4.69, 9.17) is 0 Å². The van der Waals surface area contributed by atoms with Crippen LogP contribution in [0.15, 0.2) is 30.6 Å². The first-order valence-electron chi connectivity index (χ1n) is 6.49. The molecule has 1 aromatic heterocycles. The summed E-state index contributed by atoms with van der Waals surface area (Å²) in [5, 5.41) is 11.5. The van der Waals surface area contributed by atoms with E-state index in [1.54, 1.807) is 6.33 Å². The Morgan fingerprint density at radius 3 is 2.61 bits per heavy atom. The van der Waals surface area contributed by atoms with Crippen LogP contribution in [0, 0.1) is 0 Å². The molecule has 0 aliphatic heterocycles. The van der Waals surface area contributed by atoms with Crippen molar-refractivity contribution < 1.29 is 0 Å². The SMILES string of the molecule is CCc1ccccc1CNCc1nncn1CC. The number of rotatable bonds is 6. The van der Waals surface area contributed by atoms with Crippen LogP contribution in [-0.4, -0.2) is 14.8 Å². The Morgan fingerprint density at radius 2 is 1.89 bits per heavy atom. The maximum Gasteiger partial charge on any atom is 0.146 e. The molecule has 2 aromatic rings. The number of benzene rings is 1. The smallest absolute Gasteiger partial charge is 0.146 e. The molecule has 0 radical (unpaired) electrons. The van der Waals surface area contributed by atoms with Crippen molar-refractivity contribution in [3.05, 3.63) is 47.5 Å². The zero-order valence-corrected chi connectivity index (χ0v) is 11.1. The molecule has 1 aromatic carbocycles. The fraction of sp³-hybridized carbons (Fsp3) is 0.429. The molecule has 0 aliphatic rings. The van der Waals surface area contributed by atoms with Crippen molar-refractivity contribution in [2.45, 2.75) is 39.9 Å². The molecule has 2 rings (SSSR count). The van der Waals surface area contributed by atoms with E-state index in [-0.39, 0.29) is 0 Å². The summed E-state index contributed by atoms with van der Waals surface area (Å²) in [6, 6.07) is 8.54. The molecule has 4 heteroatoms. The number of aromatic nitrogens is 3. The first-order valence-corrected chi connectivity index (χ1v) is 6.49. The highest BCUT2D eigenvalue weighted by Crippen LogP contribution is 2.09. The first-order chi connectivity index (χ1) is 8.85. The van der Waals surface area contributed by atoms with Gasteiger partial charge in [0.25, 0.3) is 0 Å². The zero-order chi connectivity index (χ0) is 12.8. The van der Waals surface area contributed by atoms with Crippen molar-refractivity contribution in [3.63, 3.8) is 0 Å². The predicted molar refractivity (Wildman–Crippen MR) is 72.1 cm³/mol. The van der Waals surface area contributed by atoms with E-state index in [2.05, 4.69) is 58.2 Å². The lowest BCUT2D eigenvalue weighted by Crippen LogP contribution is -2.17. The van der Waals surface area contributed by atoms with E-state index in [1.165, 1.54) is 11.1 Å². The Labute approximate surface area is 108 Å². The summed E-state index contributed by atoms with van der Waals surface area (Å²) in [7, 11) is 0. The standard InChI is InChI=1S/C14H20N4/c1-3-12-7-5-6-8-13(12)9-15-10-14-17-16-11-18(14)4-2/h5-8,11,15H,3-4,9-10H2,1-2H3. The van der Waals surface area contributed by atoms with Crippen molar-refractivity contribution in [1.29, 1.82) is 0 Å². The van der Waals surface area contributed by atoms with E-state index in [1.807, 2.05) is 0 Å². The van der Waals surface area contributed by atoms with E-state index in [0.717, 1.165) is 31.9 Å². The lowest BCUT2D eigenvalue weighted by atomic mass is 10.1. The Morgan fingerprint density at radius 1 is 1.11 bits per heavy atom. The van der Waals surface area contributed by atoms with Gasteiger partial charge in [-0.25, -0.2) is 0 Å². The fourth-order valence-electron chi connectivity index (χ4n) is 2.06. The highest BCUT2D eigenvalue weighted by Gasteiger charge is 2.03. The molecule has 96 valence electrons. The van der Waals surface area contributed by atoms with Crippen molar-refractivity contribution in [2.24, 2.45) is 0 Å². The summed E-state index contributed by atoms with van der Waals surface area (Å²) in [6.45, 7) is 6.83. The van der Waals surface area contributed by atoms with Gasteiger partial charge in [0.2, 0.25) is 0 Å². The average molecular weight is 244 g/mol. The van der Waals surface area contributed by atoms with Crippen LogP contribution in [0.5, 0.6) is 0 Å². The second-order valence-electron chi connectivity index (χ2n) is 4.26. The summed E-state index contributed by atoms with van der Waals surface area (Å²) in [5.74, 6) is 0.992. The van der Waals surface area contributed by atoms with Crippen LogP contribution in [0.25, 0.3) is 0 Å². The van der Waals surface area contributed by atoms with Crippen molar-refractivity contribution >= 4 is 0 Å².